The van der Waals surface area contributed by atoms with E-state index in [-0.39, 0.29) is 5.91 Å². The molecule has 2 aromatic rings. The summed E-state index contributed by atoms with van der Waals surface area (Å²) in [6.07, 6.45) is 6.40. The maximum absolute atomic E-state index is 11.1. The lowest BCUT2D eigenvalue weighted by Crippen LogP contribution is -2.36. The molecule has 0 bridgehead atoms. The minimum atomic E-state index is -0.0988. The van der Waals surface area contributed by atoms with Crippen LogP contribution in [0.1, 0.15) is 46.0 Å². The Bertz CT molecular complexity index is 881. The minimum absolute atomic E-state index is 0.0988. The van der Waals surface area contributed by atoms with Gasteiger partial charge in [-0.2, -0.15) is 0 Å². The molecule has 2 aromatic carbocycles. The third-order valence-corrected chi connectivity index (χ3v) is 5.84. The van der Waals surface area contributed by atoms with Gasteiger partial charge in [-0.05, 0) is 74.4 Å². The first-order valence-electron chi connectivity index (χ1n) is 10.5. The second kappa shape index (κ2) is 10.6. The van der Waals surface area contributed by atoms with Crippen LogP contribution >= 0.6 is 23.8 Å². The number of thiocarbonyl (C=S) groups is 1. The fourth-order valence-corrected chi connectivity index (χ4v) is 4.49. The maximum Gasteiger partial charge on any atom is 0.221 e. The molecule has 0 radical (unpaired) electrons. The van der Waals surface area contributed by atoms with Crippen LogP contribution in [0.25, 0.3) is 0 Å². The number of nitrogens with zero attached hydrogens (tertiary/aromatic N) is 1. The molecule has 1 amide bonds. The maximum atomic E-state index is 11.1. The normalized spacial score (nSPS) is 14.1. The van der Waals surface area contributed by atoms with Gasteiger partial charge in [0, 0.05) is 36.6 Å². The largest absolute Gasteiger partial charge is 0.368 e. The molecule has 0 aliphatic heterocycles. The van der Waals surface area contributed by atoms with Crippen LogP contribution < -0.4 is 20.9 Å². The van der Waals surface area contributed by atoms with E-state index in [9.17, 15) is 4.79 Å². The van der Waals surface area contributed by atoms with Crippen LogP contribution in [-0.4, -0.2) is 23.6 Å². The molecular formula is C23H29ClN4OS. The molecule has 5 nitrogen and oxygen atoms in total. The van der Waals surface area contributed by atoms with Crippen LogP contribution in [0.5, 0.6) is 0 Å². The lowest BCUT2D eigenvalue weighted by molar-refractivity contribution is -0.114. The number of hydrogen-bond acceptors (Lipinski definition) is 3. The average Bonchev–Trinajstić information content (AvgIpc) is 2.72. The first-order valence-corrected chi connectivity index (χ1v) is 11.3. The fourth-order valence-electron chi connectivity index (χ4n) is 3.97. The van der Waals surface area contributed by atoms with Crippen molar-refractivity contribution in [2.45, 2.75) is 52.0 Å². The summed E-state index contributed by atoms with van der Waals surface area (Å²) >= 11 is 12.1. The summed E-state index contributed by atoms with van der Waals surface area (Å²) in [5.41, 5.74) is 3.51. The van der Waals surface area contributed by atoms with E-state index in [1.165, 1.54) is 39.0 Å². The third-order valence-electron chi connectivity index (χ3n) is 5.33. The molecule has 0 aromatic heterocycles. The molecule has 1 fully saturated rings. The number of benzene rings is 2. The van der Waals surface area contributed by atoms with Crippen LogP contribution in [0.2, 0.25) is 5.02 Å². The molecule has 30 heavy (non-hydrogen) atoms. The van der Waals surface area contributed by atoms with Gasteiger partial charge in [0.15, 0.2) is 5.11 Å². The number of anilines is 4. The van der Waals surface area contributed by atoms with Gasteiger partial charge in [-0.3, -0.25) is 4.79 Å². The zero-order valence-corrected chi connectivity index (χ0v) is 19.1. The van der Waals surface area contributed by atoms with Crippen molar-refractivity contribution in [3.8, 4) is 0 Å². The first kappa shape index (κ1) is 22.4. The monoisotopic (exact) mass is 444 g/mol. The zero-order valence-electron chi connectivity index (χ0n) is 17.5. The van der Waals surface area contributed by atoms with Crippen molar-refractivity contribution in [2.24, 2.45) is 0 Å². The lowest BCUT2D eigenvalue weighted by Gasteiger charge is -2.36. The van der Waals surface area contributed by atoms with E-state index in [1.54, 1.807) is 0 Å². The van der Waals surface area contributed by atoms with Gasteiger partial charge in [0.05, 0.1) is 10.7 Å². The second-order valence-electron chi connectivity index (χ2n) is 7.58. The van der Waals surface area contributed by atoms with Crippen LogP contribution in [0.3, 0.4) is 0 Å². The molecule has 1 aliphatic carbocycles. The Hall–Kier alpha value is -2.31. The van der Waals surface area contributed by atoms with Crippen LogP contribution in [0.4, 0.5) is 22.7 Å². The van der Waals surface area contributed by atoms with Crippen molar-refractivity contribution in [2.75, 3.05) is 27.4 Å². The average molecular weight is 445 g/mol. The molecule has 1 saturated carbocycles. The van der Waals surface area contributed by atoms with Crippen molar-refractivity contribution in [1.29, 1.82) is 0 Å². The van der Waals surface area contributed by atoms with Crippen LogP contribution in [-0.2, 0) is 4.79 Å². The van der Waals surface area contributed by atoms with E-state index in [2.05, 4.69) is 33.8 Å². The van der Waals surface area contributed by atoms with Crippen molar-refractivity contribution in [3.63, 3.8) is 0 Å². The Morgan fingerprint density at radius 1 is 1.00 bits per heavy atom. The van der Waals surface area contributed by atoms with E-state index in [0.29, 0.717) is 11.2 Å². The topological polar surface area (TPSA) is 56.4 Å². The molecule has 0 heterocycles. The van der Waals surface area contributed by atoms with Gasteiger partial charge in [-0.1, -0.05) is 30.9 Å². The summed E-state index contributed by atoms with van der Waals surface area (Å²) in [6.45, 7) is 4.62. The molecule has 0 spiro atoms. The zero-order chi connectivity index (χ0) is 21.5. The molecule has 1 aliphatic rings. The molecule has 3 N–H and O–H groups in total. The second-order valence-corrected chi connectivity index (χ2v) is 8.40. The van der Waals surface area contributed by atoms with Crippen LogP contribution in [0.15, 0.2) is 42.5 Å². The highest BCUT2D eigenvalue weighted by atomic mass is 35.5. The number of amides is 1. The van der Waals surface area contributed by atoms with Gasteiger partial charge in [0.25, 0.3) is 0 Å². The summed E-state index contributed by atoms with van der Waals surface area (Å²) < 4.78 is 0. The molecule has 160 valence electrons. The smallest absolute Gasteiger partial charge is 0.221 e. The Balaban J connectivity index is 1.61. The third kappa shape index (κ3) is 6.09. The molecule has 0 unspecified atom stereocenters. The molecule has 7 heteroatoms. The van der Waals surface area contributed by atoms with E-state index in [0.717, 1.165) is 34.3 Å². The lowest BCUT2D eigenvalue weighted by atomic mass is 9.94. The van der Waals surface area contributed by atoms with E-state index in [1.807, 2.05) is 36.4 Å². The van der Waals surface area contributed by atoms with Gasteiger partial charge in [-0.15, -0.1) is 0 Å². The predicted molar refractivity (Wildman–Crippen MR) is 132 cm³/mol. The Morgan fingerprint density at radius 2 is 1.57 bits per heavy atom. The summed E-state index contributed by atoms with van der Waals surface area (Å²) in [5.74, 6) is -0.0988. The number of rotatable bonds is 6. The van der Waals surface area contributed by atoms with Crippen molar-refractivity contribution in [3.05, 3.63) is 47.5 Å². The van der Waals surface area contributed by atoms with Gasteiger partial charge in [-0.25, -0.2) is 0 Å². The highest BCUT2D eigenvalue weighted by molar-refractivity contribution is 7.80. The molecular weight excluding hydrogens is 416 g/mol. The molecule has 3 rings (SSSR count). The standard InChI is InChI=1S/C23H29ClN4OS/c1-3-28(20-7-5-4-6-8-20)22-14-13-19(15-21(22)24)27-23(30)26-18-11-9-17(10-12-18)25-16(2)29/h9-15,20H,3-8H2,1-2H3,(H,25,29)(H2,26,27,30). The van der Waals surface area contributed by atoms with Crippen molar-refractivity contribution in [1.82, 2.24) is 0 Å². The van der Waals surface area contributed by atoms with Gasteiger partial charge < -0.3 is 20.9 Å². The Labute approximate surface area is 189 Å². The summed E-state index contributed by atoms with van der Waals surface area (Å²) in [5, 5.41) is 10.3. The highest BCUT2D eigenvalue weighted by Gasteiger charge is 2.22. The predicted octanol–water partition coefficient (Wildman–Crippen LogP) is 6.27. The fraction of sp³-hybridized carbons (Fsp3) is 0.391. The molecule has 0 saturated heterocycles. The quantitative estimate of drug-likeness (QED) is 0.458. The number of nitrogens with one attached hydrogen (secondary N) is 3. The van der Waals surface area contributed by atoms with Crippen molar-refractivity contribution >= 4 is 57.6 Å². The SMILES string of the molecule is CCN(c1ccc(NC(=S)Nc2ccc(NC(C)=O)cc2)cc1Cl)C1CCCCC1. The van der Waals surface area contributed by atoms with Crippen molar-refractivity contribution < 1.29 is 4.79 Å². The summed E-state index contributed by atoms with van der Waals surface area (Å²) in [4.78, 5) is 13.5. The van der Waals surface area contributed by atoms with E-state index in [4.69, 9.17) is 23.8 Å². The first-order chi connectivity index (χ1) is 14.5. The summed E-state index contributed by atoms with van der Waals surface area (Å²) in [6, 6.07) is 14.0. The van der Waals surface area contributed by atoms with E-state index < -0.39 is 0 Å². The van der Waals surface area contributed by atoms with Gasteiger partial charge >= 0.3 is 0 Å². The van der Waals surface area contributed by atoms with Gasteiger partial charge in [0.1, 0.15) is 0 Å². The van der Waals surface area contributed by atoms with Crippen LogP contribution in [0, 0.1) is 0 Å². The summed E-state index contributed by atoms with van der Waals surface area (Å²) in [7, 11) is 0. The number of carbonyl (C=O) groups is 1. The Morgan fingerprint density at radius 3 is 2.13 bits per heavy atom. The number of hydrogen-bond donors (Lipinski definition) is 3. The van der Waals surface area contributed by atoms with E-state index >= 15 is 0 Å². The Kier molecular flexibility index (Phi) is 7.94. The van der Waals surface area contributed by atoms with Gasteiger partial charge in [0.2, 0.25) is 5.91 Å². The highest BCUT2D eigenvalue weighted by Crippen LogP contribution is 2.33. The number of carbonyl (C=O) groups excluding carboxylic acids is 1. The molecule has 0 atom stereocenters. The minimum Gasteiger partial charge on any atom is -0.368 e. The number of halogens is 1.